The van der Waals surface area contributed by atoms with Crippen LogP contribution >= 0.6 is 0 Å². The molecule has 0 N–H and O–H groups in total. The quantitative estimate of drug-likeness (QED) is 0.160. The molecule has 0 radical (unpaired) electrons. The van der Waals surface area contributed by atoms with Crippen molar-refractivity contribution in [3.8, 4) is 96.7 Å². The monoisotopic (exact) mass is 747 g/mol. The molecule has 2 aromatic heterocycles. The number of fused-ring (bicyclic) bond motifs is 2. The Labute approximate surface area is 335 Å². The summed E-state index contributed by atoms with van der Waals surface area (Å²) in [7, 11) is 0. The van der Waals surface area contributed by atoms with Crippen molar-refractivity contribution in [2.24, 2.45) is 0 Å². The predicted molar refractivity (Wildman–Crippen MR) is 227 cm³/mol. The molecule has 6 aromatic carbocycles. The fraction of sp³-hybridized carbons (Fsp3) is 0.0392. The summed E-state index contributed by atoms with van der Waals surface area (Å²) in [4.78, 5) is 20.6. The Hall–Kier alpha value is -7.95. The van der Waals surface area contributed by atoms with Gasteiger partial charge in [0, 0.05) is 39.8 Å². The summed E-state index contributed by atoms with van der Waals surface area (Å²) in [6.07, 6.45) is 9.41. The molecule has 1 unspecified atom stereocenters. The van der Waals surface area contributed by atoms with Crippen LogP contribution in [0.4, 0.5) is 0 Å². The number of allylic oxidation sites excluding steroid dienone is 4. The molecule has 8 aromatic rings. The van der Waals surface area contributed by atoms with E-state index in [9.17, 15) is 5.26 Å². The number of nitriles is 1. The van der Waals surface area contributed by atoms with Gasteiger partial charge in [0.15, 0.2) is 34.6 Å². The van der Waals surface area contributed by atoms with Crippen molar-refractivity contribution in [3.05, 3.63) is 193 Å². The summed E-state index contributed by atoms with van der Waals surface area (Å²) in [5, 5.41) is 9.54. The van der Waals surface area contributed by atoms with Crippen molar-refractivity contribution in [1.82, 2.24) is 19.9 Å². The molecule has 2 aliphatic rings. The molecule has 0 spiro atoms. The van der Waals surface area contributed by atoms with Gasteiger partial charge in [0.2, 0.25) is 0 Å². The average molecular weight is 748 g/mol. The molecular weight excluding hydrogens is 715 g/mol. The van der Waals surface area contributed by atoms with Crippen molar-refractivity contribution in [1.29, 1.82) is 5.26 Å². The Kier molecular flexibility index (Phi) is 8.90. The van der Waals surface area contributed by atoms with Crippen molar-refractivity contribution >= 4 is 0 Å². The summed E-state index contributed by atoms with van der Waals surface area (Å²) in [6, 6.07) is 54.2. The van der Waals surface area contributed by atoms with Gasteiger partial charge < -0.3 is 9.47 Å². The number of hydrogen-bond acceptors (Lipinski definition) is 7. The first-order valence-electron chi connectivity index (χ1n) is 19.1. The van der Waals surface area contributed by atoms with E-state index in [4.69, 9.17) is 29.4 Å². The lowest BCUT2D eigenvalue weighted by molar-refractivity contribution is 0.359. The Bertz CT molecular complexity index is 2880. The van der Waals surface area contributed by atoms with Crippen molar-refractivity contribution in [2.45, 2.75) is 12.3 Å². The van der Waals surface area contributed by atoms with Crippen LogP contribution in [0.15, 0.2) is 182 Å². The minimum absolute atomic E-state index is 0.128. The minimum Gasteiger partial charge on any atom is -0.450 e. The molecule has 0 fully saturated rings. The lowest BCUT2D eigenvalue weighted by atomic mass is 9.92. The van der Waals surface area contributed by atoms with Crippen LogP contribution in [0, 0.1) is 11.3 Å². The molecule has 0 bridgehead atoms. The van der Waals surface area contributed by atoms with E-state index >= 15 is 0 Å². The first kappa shape index (κ1) is 34.5. The van der Waals surface area contributed by atoms with E-state index in [2.05, 4.69) is 72.8 Å². The van der Waals surface area contributed by atoms with E-state index in [0.29, 0.717) is 40.2 Å². The predicted octanol–water partition coefficient (Wildman–Crippen LogP) is 12.6. The lowest BCUT2D eigenvalue weighted by Gasteiger charge is -2.22. The number of rotatable bonds is 7. The molecule has 3 heterocycles. The molecule has 0 amide bonds. The third-order valence-corrected chi connectivity index (χ3v) is 10.3. The fourth-order valence-corrected chi connectivity index (χ4v) is 7.36. The number of nitrogens with zero attached hydrogens (tertiary/aromatic N) is 5. The van der Waals surface area contributed by atoms with Crippen LogP contribution in [-0.2, 0) is 0 Å². The van der Waals surface area contributed by atoms with Crippen LogP contribution in [0.1, 0.15) is 23.6 Å². The molecule has 0 saturated carbocycles. The van der Waals surface area contributed by atoms with Gasteiger partial charge in [0.25, 0.3) is 0 Å². The van der Waals surface area contributed by atoms with Crippen molar-refractivity contribution < 1.29 is 9.47 Å². The molecule has 7 heteroatoms. The summed E-state index contributed by atoms with van der Waals surface area (Å²) in [5.74, 6) is 3.62. The van der Waals surface area contributed by atoms with E-state index in [1.54, 1.807) is 18.2 Å². The van der Waals surface area contributed by atoms with Crippen molar-refractivity contribution in [2.75, 3.05) is 0 Å². The van der Waals surface area contributed by atoms with Crippen LogP contribution in [0.2, 0.25) is 0 Å². The highest BCUT2D eigenvalue weighted by Gasteiger charge is 2.23. The zero-order chi connectivity index (χ0) is 38.8. The third kappa shape index (κ3) is 6.80. The van der Waals surface area contributed by atoms with Gasteiger partial charge in [-0.05, 0) is 60.0 Å². The maximum atomic E-state index is 9.54. The zero-order valence-corrected chi connectivity index (χ0v) is 31.2. The van der Waals surface area contributed by atoms with E-state index in [-0.39, 0.29) is 5.92 Å². The topological polar surface area (TPSA) is 93.8 Å². The van der Waals surface area contributed by atoms with E-state index in [1.807, 2.05) is 97.1 Å². The average Bonchev–Trinajstić information content (AvgIpc) is 3.31. The molecular formula is C51H33N5O2. The summed E-state index contributed by atoms with van der Waals surface area (Å²) < 4.78 is 12.6. The Morgan fingerprint density at radius 3 is 1.76 bits per heavy atom. The summed E-state index contributed by atoms with van der Waals surface area (Å²) in [6.45, 7) is 0. The second-order valence-electron chi connectivity index (χ2n) is 14.1. The molecule has 1 atom stereocenters. The first-order chi connectivity index (χ1) is 28.6. The number of ether oxygens (including phenoxy) is 2. The highest BCUT2D eigenvalue weighted by Crippen LogP contribution is 2.48. The van der Waals surface area contributed by atoms with Crippen LogP contribution < -0.4 is 9.47 Å². The van der Waals surface area contributed by atoms with Crippen LogP contribution in [-0.4, -0.2) is 19.9 Å². The maximum absolute atomic E-state index is 9.54. The molecule has 0 saturated heterocycles. The van der Waals surface area contributed by atoms with Crippen LogP contribution in [0.3, 0.4) is 0 Å². The second kappa shape index (κ2) is 14.9. The highest BCUT2D eigenvalue weighted by atomic mass is 16.6. The van der Waals surface area contributed by atoms with Gasteiger partial charge in [0.1, 0.15) is 0 Å². The van der Waals surface area contributed by atoms with Gasteiger partial charge in [-0.1, -0.05) is 133 Å². The van der Waals surface area contributed by atoms with Gasteiger partial charge in [-0.25, -0.2) is 19.9 Å². The minimum atomic E-state index is 0.128. The first-order valence-corrected chi connectivity index (χ1v) is 19.1. The summed E-state index contributed by atoms with van der Waals surface area (Å²) in [5.41, 5.74) is 10.3. The summed E-state index contributed by atoms with van der Waals surface area (Å²) >= 11 is 0. The maximum Gasteiger partial charge on any atom is 0.171 e. The van der Waals surface area contributed by atoms with E-state index < -0.39 is 0 Å². The standard InChI is InChI=1S/C51H33N5O2/c52-32-33-21-25-46-48(27-33)58-49-29-38(23-26-47(49)57-46)40-24-22-39(44-30-42(34-13-5-1-6-14-34)53-50(55-44)36-17-9-3-10-18-36)28-41(40)45-31-43(35-15-7-2-8-16-35)54-51(56-45)37-19-11-4-12-20-37/h1-13,15-31,34H,14H2. The third-order valence-electron chi connectivity index (χ3n) is 10.3. The largest absolute Gasteiger partial charge is 0.450 e. The van der Waals surface area contributed by atoms with Gasteiger partial charge in [-0.15, -0.1) is 0 Å². The lowest BCUT2D eigenvalue weighted by Crippen LogP contribution is -2.04. The van der Waals surface area contributed by atoms with Gasteiger partial charge in [0.05, 0.1) is 34.4 Å². The van der Waals surface area contributed by atoms with Gasteiger partial charge in [-0.3, -0.25) is 0 Å². The normalized spacial score (nSPS) is 13.7. The number of hydrogen-bond donors (Lipinski definition) is 0. The van der Waals surface area contributed by atoms with Crippen LogP contribution in [0.5, 0.6) is 23.0 Å². The van der Waals surface area contributed by atoms with Crippen LogP contribution in [0.25, 0.3) is 67.7 Å². The Morgan fingerprint density at radius 1 is 0.466 bits per heavy atom. The Balaban J connectivity index is 1.17. The Morgan fingerprint density at radius 2 is 1.07 bits per heavy atom. The molecule has 10 rings (SSSR count). The van der Waals surface area contributed by atoms with E-state index in [0.717, 1.165) is 68.1 Å². The molecule has 58 heavy (non-hydrogen) atoms. The number of aromatic nitrogens is 4. The molecule has 1 aliphatic heterocycles. The van der Waals surface area contributed by atoms with E-state index in [1.165, 1.54) is 0 Å². The number of benzene rings is 6. The molecule has 274 valence electrons. The van der Waals surface area contributed by atoms with Gasteiger partial charge >= 0.3 is 0 Å². The fourth-order valence-electron chi connectivity index (χ4n) is 7.36. The molecule has 1 aliphatic carbocycles. The van der Waals surface area contributed by atoms with Crippen molar-refractivity contribution in [3.63, 3.8) is 0 Å². The second-order valence-corrected chi connectivity index (χ2v) is 14.1. The van der Waals surface area contributed by atoms with Gasteiger partial charge in [-0.2, -0.15) is 5.26 Å². The zero-order valence-electron chi connectivity index (χ0n) is 31.2. The molecule has 7 nitrogen and oxygen atoms in total. The SMILES string of the molecule is N#Cc1ccc2c(c1)Oc1cc(-c3ccc(-c4cc(C5C=CC=CC5)nc(-c5ccccc5)n4)cc3-c3cc(-c4ccccc4)nc(-c4ccccc4)n3)ccc1O2. The smallest absolute Gasteiger partial charge is 0.171 e. The highest BCUT2D eigenvalue weighted by molar-refractivity contribution is 5.88.